The van der Waals surface area contributed by atoms with E-state index in [-0.39, 0.29) is 23.4 Å². The van der Waals surface area contributed by atoms with Crippen LogP contribution in [0.5, 0.6) is 0 Å². The highest BCUT2D eigenvalue weighted by atomic mass is 35.5. The van der Waals surface area contributed by atoms with E-state index in [1.807, 2.05) is 43.3 Å². The number of carbonyl (C=O) groups is 3. The van der Waals surface area contributed by atoms with Crippen LogP contribution in [0.1, 0.15) is 42.7 Å². The molecule has 27 heavy (non-hydrogen) atoms. The Labute approximate surface area is 162 Å². The molecule has 1 aliphatic rings. The maximum absolute atomic E-state index is 12.6. The van der Waals surface area contributed by atoms with Gasteiger partial charge >= 0.3 is 0 Å². The Hall–Kier alpha value is -2.70. The summed E-state index contributed by atoms with van der Waals surface area (Å²) in [6.07, 6.45) is 0. The lowest BCUT2D eigenvalue weighted by Crippen LogP contribution is -2.34. The Morgan fingerprint density at radius 2 is 1.78 bits per heavy atom. The summed E-state index contributed by atoms with van der Waals surface area (Å²) in [5.74, 6) is -1.06. The molecule has 3 amide bonds. The molecule has 0 fully saturated rings. The van der Waals surface area contributed by atoms with E-state index in [0.29, 0.717) is 22.7 Å². The van der Waals surface area contributed by atoms with Crippen LogP contribution in [-0.4, -0.2) is 55.2 Å². The minimum absolute atomic E-state index is 0.105. The topological polar surface area (TPSA) is 69.7 Å². The number of hydrogen-bond acceptors (Lipinski definition) is 4. The van der Waals surface area contributed by atoms with Gasteiger partial charge < -0.3 is 10.2 Å². The summed E-state index contributed by atoms with van der Waals surface area (Å²) in [7, 11) is 5.25. The molecule has 0 aromatic heterocycles. The van der Waals surface area contributed by atoms with Gasteiger partial charge in [0, 0.05) is 24.2 Å². The van der Waals surface area contributed by atoms with Gasteiger partial charge in [0.1, 0.15) is 0 Å². The van der Waals surface area contributed by atoms with Gasteiger partial charge in [0.05, 0.1) is 17.2 Å². The van der Waals surface area contributed by atoms with E-state index >= 15 is 0 Å². The van der Waals surface area contributed by atoms with Gasteiger partial charge in [-0.1, -0.05) is 29.8 Å². The molecule has 3 rings (SSSR count). The van der Waals surface area contributed by atoms with Gasteiger partial charge in [-0.3, -0.25) is 19.3 Å². The average Bonchev–Trinajstić information content (AvgIpc) is 2.87. The number of nitrogens with one attached hydrogen (secondary N) is 1. The number of rotatable bonds is 5. The van der Waals surface area contributed by atoms with Crippen LogP contribution < -0.4 is 5.32 Å². The van der Waals surface area contributed by atoms with Crippen LogP contribution in [0.3, 0.4) is 0 Å². The zero-order chi connectivity index (χ0) is 19.7. The van der Waals surface area contributed by atoms with Crippen LogP contribution in [0, 0.1) is 0 Å². The van der Waals surface area contributed by atoms with Crippen LogP contribution in [0.15, 0.2) is 42.5 Å². The molecule has 2 aromatic carbocycles. The minimum Gasteiger partial charge on any atom is -0.350 e. The number of likely N-dealkylation sites (N-methyl/N-ethyl adjacent to an activating group) is 1. The lowest BCUT2D eigenvalue weighted by atomic mass is 10.0. The monoisotopic (exact) mass is 385 g/mol. The quantitative estimate of drug-likeness (QED) is 0.803. The first-order valence-corrected chi connectivity index (χ1v) is 8.84. The maximum Gasteiger partial charge on any atom is 0.261 e. The average molecular weight is 386 g/mol. The summed E-state index contributed by atoms with van der Waals surface area (Å²) in [6, 6.07) is 11.9. The van der Waals surface area contributed by atoms with Gasteiger partial charge in [-0.25, -0.2) is 0 Å². The van der Waals surface area contributed by atoms with Gasteiger partial charge in [-0.15, -0.1) is 0 Å². The zero-order valence-electron chi connectivity index (χ0n) is 15.3. The Morgan fingerprint density at radius 1 is 1.11 bits per heavy atom. The molecule has 0 aliphatic carbocycles. The van der Waals surface area contributed by atoms with Crippen LogP contribution in [0.2, 0.25) is 5.02 Å². The van der Waals surface area contributed by atoms with Gasteiger partial charge in [-0.05, 0) is 43.9 Å². The number of amides is 3. The van der Waals surface area contributed by atoms with E-state index in [2.05, 4.69) is 5.32 Å². The third-order valence-corrected chi connectivity index (χ3v) is 5.04. The Morgan fingerprint density at radius 3 is 2.44 bits per heavy atom. The summed E-state index contributed by atoms with van der Waals surface area (Å²) in [5.41, 5.74) is 1.83. The maximum atomic E-state index is 12.6. The smallest absolute Gasteiger partial charge is 0.261 e. The molecule has 7 heteroatoms. The number of nitrogens with zero attached hydrogens (tertiary/aromatic N) is 2. The van der Waals surface area contributed by atoms with Gasteiger partial charge in [0.2, 0.25) is 0 Å². The Balaban J connectivity index is 1.77. The van der Waals surface area contributed by atoms with Crippen molar-refractivity contribution in [2.45, 2.75) is 6.04 Å². The third kappa shape index (κ3) is 3.59. The molecular weight excluding hydrogens is 366 g/mol. The molecule has 1 heterocycles. The summed E-state index contributed by atoms with van der Waals surface area (Å²) in [5, 5.41) is 3.52. The lowest BCUT2D eigenvalue weighted by molar-refractivity contribution is 0.0693. The largest absolute Gasteiger partial charge is 0.350 e. The van der Waals surface area contributed by atoms with Crippen molar-refractivity contribution in [2.75, 3.05) is 27.7 Å². The minimum atomic E-state index is -0.396. The van der Waals surface area contributed by atoms with E-state index < -0.39 is 5.91 Å². The summed E-state index contributed by atoms with van der Waals surface area (Å²) < 4.78 is 0. The summed E-state index contributed by atoms with van der Waals surface area (Å²) >= 11 is 6.29. The molecule has 0 saturated carbocycles. The number of hydrogen-bond donors (Lipinski definition) is 1. The Bertz CT molecular complexity index is 926. The van der Waals surface area contributed by atoms with Crippen molar-refractivity contribution in [1.82, 2.24) is 15.1 Å². The van der Waals surface area contributed by atoms with E-state index in [1.165, 1.54) is 19.2 Å². The number of benzene rings is 2. The molecule has 1 N–H and O–H groups in total. The summed E-state index contributed by atoms with van der Waals surface area (Å²) in [6.45, 7) is 0.347. The van der Waals surface area contributed by atoms with Crippen molar-refractivity contribution >= 4 is 29.3 Å². The highest BCUT2D eigenvalue weighted by Gasteiger charge is 2.33. The van der Waals surface area contributed by atoms with Crippen LogP contribution in [0.25, 0.3) is 0 Å². The molecule has 0 saturated heterocycles. The van der Waals surface area contributed by atoms with Crippen molar-refractivity contribution in [1.29, 1.82) is 0 Å². The van der Waals surface area contributed by atoms with Crippen molar-refractivity contribution < 1.29 is 14.4 Å². The van der Waals surface area contributed by atoms with Crippen LogP contribution >= 0.6 is 11.6 Å². The first kappa shape index (κ1) is 19.1. The van der Waals surface area contributed by atoms with Crippen LogP contribution in [0.4, 0.5) is 0 Å². The molecule has 2 aromatic rings. The van der Waals surface area contributed by atoms with E-state index in [9.17, 15) is 14.4 Å². The first-order valence-electron chi connectivity index (χ1n) is 8.46. The number of imide groups is 1. The van der Waals surface area contributed by atoms with Crippen LogP contribution in [-0.2, 0) is 0 Å². The molecule has 1 atom stereocenters. The molecular formula is C20H20ClN3O3. The van der Waals surface area contributed by atoms with E-state index in [1.54, 1.807) is 6.07 Å². The predicted molar refractivity (Wildman–Crippen MR) is 103 cm³/mol. The fourth-order valence-corrected chi connectivity index (χ4v) is 3.37. The second-order valence-corrected chi connectivity index (χ2v) is 7.05. The van der Waals surface area contributed by atoms with E-state index in [4.69, 9.17) is 11.6 Å². The van der Waals surface area contributed by atoms with Gasteiger partial charge in [0.15, 0.2) is 0 Å². The lowest BCUT2D eigenvalue weighted by Gasteiger charge is -2.26. The fourth-order valence-electron chi connectivity index (χ4n) is 3.11. The second kappa shape index (κ2) is 7.50. The molecule has 1 aliphatic heterocycles. The first-order chi connectivity index (χ1) is 12.8. The summed E-state index contributed by atoms with van der Waals surface area (Å²) in [4.78, 5) is 39.7. The van der Waals surface area contributed by atoms with Crippen molar-refractivity contribution in [2.24, 2.45) is 0 Å². The fraction of sp³-hybridized carbons (Fsp3) is 0.250. The molecule has 0 unspecified atom stereocenters. The molecule has 0 radical (unpaired) electrons. The SMILES string of the molecule is CN1C(=O)c2ccc(C(=O)NC[C@@H](c3ccccc3Cl)N(C)C)cc2C1=O. The number of fused-ring (bicyclic) bond motifs is 1. The van der Waals surface area contributed by atoms with Crippen molar-refractivity contribution in [3.8, 4) is 0 Å². The number of halogens is 1. The molecule has 140 valence electrons. The van der Waals surface area contributed by atoms with Gasteiger partial charge in [-0.2, -0.15) is 0 Å². The number of carbonyl (C=O) groups excluding carboxylic acids is 3. The highest BCUT2D eigenvalue weighted by molar-refractivity contribution is 6.31. The standard InChI is InChI=1S/C20H20ClN3O3/c1-23(2)17(14-6-4-5-7-16(14)21)11-22-18(25)12-8-9-13-15(10-12)20(27)24(3)19(13)26/h4-10,17H,11H2,1-3H3,(H,22,25)/t17-/m0/s1. The molecule has 0 spiro atoms. The second-order valence-electron chi connectivity index (χ2n) is 6.64. The van der Waals surface area contributed by atoms with Crippen molar-refractivity contribution in [3.05, 3.63) is 69.7 Å². The van der Waals surface area contributed by atoms with E-state index in [0.717, 1.165) is 10.5 Å². The molecule has 6 nitrogen and oxygen atoms in total. The van der Waals surface area contributed by atoms with Gasteiger partial charge in [0.25, 0.3) is 17.7 Å². The Kier molecular flexibility index (Phi) is 5.30. The third-order valence-electron chi connectivity index (χ3n) is 4.70. The normalized spacial score (nSPS) is 14.5. The van der Waals surface area contributed by atoms with Crippen molar-refractivity contribution in [3.63, 3.8) is 0 Å². The predicted octanol–water partition coefficient (Wildman–Crippen LogP) is 2.60. The highest BCUT2D eigenvalue weighted by Crippen LogP contribution is 2.26. The molecule has 0 bridgehead atoms. The zero-order valence-corrected chi connectivity index (χ0v) is 16.1.